The fourth-order valence-corrected chi connectivity index (χ4v) is 2.59. The first-order valence-electron chi connectivity index (χ1n) is 9.56. The fourth-order valence-electron chi connectivity index (χ4n) is 2.59. The highest BCUT2D eigenvalue weighted by Crippen LogP contribution is 2.29. The van der Waals surface area contributed by atoms with Gasteiger partial charge in [0, 0.05) is 6.42 Å². The number of methoxy groups -OCH3 is 1. The molecular weight excluding hydrogens is 316 g/mol. The Balaban J connectivity index is 2.04. The van der Waals surface area contributed by atoms with Gasteiger partial charge in [-0.2, -0.15) is 0 Å². The molecule has 0 unspecified atom stereocenters. The van der Waals surface area contributed by atoms with E-state index in [0.29, 0.717) is 6.42 Å². The van der Waals surface area contributed by atoms with E-state index in [1.54, 1.807) is 6.08 Å². The van der Waals surface area contributed by atoms with Crippen LogP contribution < -0.4 is 0 Å². The van der Waals surface area contributed by atoms with Gasteiger partial charge in [-0.05, 0) is 38.5 Å². The highest BCUT2D eigenvalue weighted by Gasteiger charge is 2.42. The van der Waals surface area contributed by atoms with Crippen LogP contribution in [0.3, 0.4) is 0 Å². The molecule has 0 radical (unpaired) electrons. The molecule has 1 saturated heterocycles. The first-order valence-corrected chi connectivity index (χ1v) is 9.56. The van der Waals surface area contributed by atoms with Crippen molar-refractivity contribution < 1.29 is 19.4 Å². The Morgan fingerprint density at radius 2 is 1.88 bits per heavy atom. The second-order valence-corrected chi connectivity index (χ2v) is 6.44. The summed E-state index contributed by atoms with van der Waals surface area (Å²) in [6, 6.07) is 0. The van der Waals surface area contributed by atoms with E-state index in [0.717, 1.165) is 25.7 Å². The minimum atomic E-state index is -0.560. The van der Waals surface area contributed by atoms with Crippen molar-refractivity contribution in [3.8, 4) is 0 Å². The van der Waals surface area contributed by atoms with Gasteiger partial charge in [-0.1, -0.05) is 56.2 Å². The first-order chi connectivity index (χ1) is 12.2. The van der Waals surface area contributed by atoms with Crippen LogP contribution in [-0.4, -0.2) is 36.5 Å². The maximum absolute atomic E-state index is 11.0. The largest absolute Gasteiger partial charge is 0.469 e. The Morgan fingerprint density at radius 3 is 2.64 bits per heavy atom. The second kappa shape index (κ2) is 13.9. The summed E-state index contributed by atoms with van der Waals surface area (Å²) in [5, 5.41) is 10.0. The molecule has 0 aliphatic carbocycles. The lowest BCUT2D eigenvalue weighted by molar-refractivity contribution is -0.140. The molecule has 0 bridgehead atoms. The minimum Gasteiger partial charge on any atom is -0.469 e. The van der Waals surface area contributed by atoms with Crippen molar-refractivity contribution in [1.29, 1.82) is 0 Å². The summed E-state index contributed by atoms with van der Waals surface area (Å²) in [6.45, 7) is 2.22. The highest BCUT2D eigenvalue weighted by molar-refractivity contribution is 5.69. The number of aliphatic hydroxyl groups excluding tert-OH is 1. The predicted octanol–water partition coefficient (Wildman–Crippen LogP) is 4.49. The number of allylic oxidation sites excluding steroid dienone is 4. The van der Waals surface area contributed by atoms with Crippen molar-refractivity contribution in [1.82, 2.24) is 0 Å². The molecule has 0 aromatic carbocycles. The van der Waals surface area contributed by atoms with Gasteiger partial charge in [0.15, 0.2) is 0 Å². The van der Waals surface area contributed by atoms with Crippen molar-refractivity contribution >= 4 is 5.97 Å². The average molecular weight is 350 g/mol. The maximum atomic E-state index is 11.0. The molecule has 0 amide bonds. The minimum absolute atomic E-state index is 0.0916. The Hall–Kier alpha value is -1.39. The smallest absolute Gasteiger partial charge is 0.305 e. The summed E-state index contributed by atoms with van der Waals surface area (Å²) in [4.78, 5) is 11.0. The quantitative estimate of drug-likeness (QED) is 0.217. The van der Waals surface area contributed by atoms with Gasteiger partial charge < -0.3 is 14.6 Å². The second-order valence-electron chi connectivity index (χ2n) is 6.44. The molecule has 4 heteroatoms. The molecule has 0 spiro atoms. The summed E-state index contributed by atoms with van der Waals surface area (Å²) < 4.78 is 10.1. The number of epoxide rings is 1. The van der Waals surface area contributed by atoms with E-state index in [1.807, 2.05) is 6.08 Å². The van der Waals surface area contributed by atoms with Gasteiger partial charge in [0.05, 0.1) is 13.2 Å². The van der Waals surface area contributed by atoms with Crippen LogP contribution in [0.25, 0.3) is 0 Å². The molecule has 3 atom stereocenters. The molecule has 1 N–H and O–H groups in total. The first kappa shape index (κ1) is 21.7. The fraction of sp³-hybridized carbons (Fsp3) is 0.667. The van der Waals surface area contributed by atoms with Gasteiger partial charge in [0.25, 0.3) is 0 Å². The van der Waals surface area contributed by atoms with Gasteiger partial charge in [-0.25, -0.2) is 0 Å². The van der Waals surface area contributed by atoms with Gasteiger partial charge in [0.2, 0.25) is 0 Å². The molecular formula is C21H34O4. The Kier molecular flexibility index (Phi) is 12.0. The third kappa shape index (κ3) is 11.0. The number of unbranched alkanes of at least 4 members (excludes halogenated alkanes) is 4. The molecule has 0 aromatic rings. The van der Waals surface area contributed by atoms with Crippen LogP contribution in [0.15, 0.2) is 36.5 Å². The highest BCUT2D eigenvalue weighted by atomic mass is 16.6. The van der Waals surface area contributed by atoms with Crippen molar-refractivity contribution in [2.75, 3.05) is 7.11 Å². The molecule has 1 aliphatic heterocycles. The Morgan fingerprint density at radius 1 is 1.12 bits per heavy atom. The number of esters is 1. The number of hydrogen-bond donors (Lipinski definition) is 1. The summed E-state index contributed by atoms with van der Waals surface area (Å²) in [6.07, 6.45) is 20.7. The predicted molar refractivity (Wildman–Crippen MR) is 101 cm³/mol. The lowest BCUT2D eigenvalue weighted by Gasteiger charge is -2.00. The zero-order chi connectivity index (χ0) is 18.3. The van der Waals surface area contributed by atoms with Crippen LogP contribution >= 0.6 is 0 Å². The Bertz CT molecular complexity index is 439. The van der Waals surface area contributed by atoms with Crippen LogP contribution in [0.2, 0.25) is 0 Å². The summed E-state index contributed by atoms with van der Waals surface area (Å²) in [5.74, 6) is -0.192. The molecule has 1 aliphatic rings. The normalized spacial score (nSPS) is 21.4. The summed E-state index contributed by atoms with van der Waals surface area (Å²) >= 11 is 0. The number of rotatable bonds is 14. The lowest BCUT2D eigenvalue weighted by atomic mass is 10.1. The maximum Gasteiger partial charge on any atom is 0.305 e. The third-order valence-electron chi connectivity index (χ3n) is 4.22. The van der Waals surface area contributed by atoms with Crippen molar-refractivity contribution in [3.05, 3.63) is 36.5 Å². The van der Waals surface area contributed by atoms with E-state index in [2.05, 4.69) is 36.0 Å². The zero-order valence-corrected chi connectivity index (χ0v) is 15.7. The number of carbonyl (C=O) groups is 1. The Labute approximate surface area is 152 Å². The molecule has 1 heterocycles. The van der Waals surface area contributed by atoms with Crippen LogP contribution in [0.1, 0.15) is 64.7 Å². The number of aliphatic hydroxyl groups is 1. The standard InChI is InChI=1S/C21H34O4/c1-3-4-5-6-7-8-9-10-13-16-19-21(25-19)18(22)15-12-11-14-17-20(23)24-2/h7-8,10,12-13,15,18-19,21-22H,3-6,9,11,14,16-17H2,1-2H3/b8-7-,13-10-,15-12-/t18-,19+,21+/m1/s1. The van der Waals surface area contributed by atoms with Crippen LogP contribution in [0.4, 0.5) is 0 Å². The molecule has 0 aromatic heterocycles. The molecule has 1 fully saturated rings. The topological polar surface area (TPSA) is 59.1 Å². The van der Waals surface area contributed by atoms with Crippen molar-refractivity contribution in [2.24, 2.45) is 0 Å². The lowest BCUT2D eigenvalue weighted by Crippen LogP contribution is -2.13. The van der Waals surface area contributed by atoms with E-state index in [9.17, 15) is 9.90 Å². The van der Waals surface area contributed by atoms with E-state index in [-0.39, 0.29) is 18.2 Å². The van der Waals surface area contributed by atoms with Gasteiger partial charge in [-0.15, -0.1) is 0 Å². The van der Waals surface area contributed by atoms with Crippen LogP contribution in [-0.2, 0) is 14.3 Å². The van der Waals surface area contributed by atoms with E-state index >= 15 is 0 Å². The van der Waals surface area contributed by atoms with E-state index < -0.39 is 6.10 Å². The van der Waals surface area contributed by atoms with Crippen LogP contribution in [0, 0.1) is 0 Å². The number of ether oxygens (including phenoxy) is 2. The molecule has 1 rings (SSSR count). The molecule has 0 saturated carbocycles. The third-order valence-corrected chi connectivity index (χ3v) is 4.22. The zero-order valence-electron chi connectivity index (χ0n) is 15.7. The van der Waals surface area contributed by atoms with Gasteiger partial charge in [0.1, 0.15) is 12.2 Å². The van der Waals surface area contributed by atoms with Gasteiger partial charge in [-0.3, -0.25) is 4.79 Å². The monoisotopic (exact) mass is 350 g/mol. The van der Waals surface area contributed by atoms with Crippen LogP contribution in [0.5, 0.6) is 0 Å². The number of hydrogen-bond acceptors (Lipinski definition) is 4. The SMILES string of the molecule is CCCCC/C=C\C/C=C\C[C@@H]1O[C@H]1[C@H](O)/C=C\CCCC(=O)OC. The van der Waals surface area contributed by atoms with Crippen molar-refractivity contribution in [3.63, 3.8) is 0 Å². The average Bonchev–Trinajstić information content (AvgIpc) is 3.39. The van der Waals surface area contributed by atoms with E-state index in [1.165, 1.54) is 32.8 Å². The summed E-state index contributed by atoms with van der Waals surface area (Å²) in [7, 11) is 1.39. The molecule has 25 heavy (non-hydrogen) atoms. The van der Waals surface area contributed by atoms with Crippen molar-refractivity contribution in [2.45, 2.75) is 83.0 Å². The molecule has 4 nitrogen and oxygen atoms in total. The van der Waals surface area contributed by atoms with E-state index in [4.69, 9.17) is 4.74 Å². The number of carbonyl (C=O) groups excluding carboxylic acids is 1. The molecule has 142 valence electrons. The summed E-state index contributed by atoms with van der Waals surface area (Å²) in [5.41, 5.74) is 0. The van der Waals surface area contributed by atoms with Gasteiger partial charge >= 0.3 is 5.97 Å².